The number of nitrogen functional groups attached to an aromatic ring is 1. The smallest absolute Gasteiger partial charge is 0.222 e. The van der Waals surface area contributed by atoms with Crippen LogP contribution in [-0.4, -0.2) is 26.4 Å². The van der Waals surface area contributed by atoms with Gasteiger partial charge in [0.05, 0.1) is 5.39 Å². The van der Waals surface area contributed by atoms with Gasteiger partial charge in [-0.15, -0.1) is 11.3 Å². The average molecular weight is 395 g/mol. The van der Waals surface area contributed by atoms with Crippen LogP contribution in [-0.2, 0) is 18.0 Å². The van der Waals surface area contributed by atoms with Gasteiger partial charge in [-0.05, 0) is 30.0 Å². The number of nitrogens with zero attached hydrogens (tertiary/aromatic N) is 4. The molecule has 0 amide bonds. The quantitative estimate of drug-likeness (QED) is 0.437. The van der Waals surface area contributed by atoms with Crippen molar-refractivity contribution in [3.63, 3.8) is 0 Å². The van der Waals surface area contributed by atoms with Gasteiger partial charge in [-0.3, -0.25) is 0 Å². The Morgan fingerprint density at radius 3 is 3.00 bits per heavy atom. The third-order valence-electron chi connectivity index (χ3n) is 4.25. The number of fused-ring (bicyclic) bond motifs is 1. The van der Waals surface area contributed by atoms with Gasteiger partial charge in [0.15, 0.2) is 5.65 Å². The lowest BCUT2D eigenvalue weighted by Gasteiger charge is -2.07. The fourth-order valence-electron chi connectivity index (χ4n) is 2.95. The van der Waals surface area contributed by atoms with Crippen LogP contribution >= 0.6 is 11.3 Å². The Hall–Kier alpha value is -2.97. The molecule has 0 spiro atoms. The van der Waals surface area contributed by atoms with Crippen LogP contribution in [0.1, 0.15) is 18.2 Å². The topological polar surface area (TPSA) is 90.9 Å². The number of nitrogens with one attached hydrogen (secondary N) is 1. The van der Waals surface area contributed by atoms with Gasteiger partial charge in [-0.2, -0.15) is 10.1 Å². The molecule has 3 heterocycles. The highest BCUT2D eigenvalue weighted by Crippen LogP contribution is 2.29. The molecule has 0 aliphatic carbocycles. The Bertz CT molecular complexity index is 1060. The Balaban J connectivity index is 1.65. The summed E-state index contributed by atoms with van der Waals surface area (Å²) >= 11 is 1.74. The number of nitrogens with two attached hydrogens (primary N) is 1. The molecular formula is C20H22N6OS. The van der Waals surface area contributed by atoms with Crippen molar-refractivity contribution in [1.82, 2.24) is 19.7 Å². The second kappa shape index (κ2) is 8.37. The summed E-state index contributed by atoms with van der Waals surface area (Å²) < 4.78 is 7.40. The summed E-state index contributed by atoms with van der Waals surface area (Å²) in [7, 11) is 0. The molecule has 0 aliphatic heterocycles. The molecule has 0 saturated heterocycles. The zero-order valence-electron chi connectivity index (χ0n) is 15.6. The van der Waals surface area contributed by atoms with E-state index in [0.717, 1.165) is 35.3 Å². The van der Waals surface area contributed by atoms with Crippen molar-refractivity contribution in [2.24, 2.45) is 0 Å². The van der Waals surface area contributed by atoms with Crippen molar-refractivity contribution in [2.45, 2.75) is 26.6 Å². The molecular weight excluding hydrogens is 372 g/mol. The van der Waals surface area contributed by atoms with Crippen LogP contribution in [0.5, 0.6) is 0 Å². The second-order valence-corrected chi connectivity index (χ2v) is 7.40. The summed E-state index contributed by atoms with van der Waals surface area (Å²) in [4.78, 5) is 9.81. The van der Waals surface area contributed by atoms with E-state index in [2.05, 4.69) is 51.9 Å². The fraction of sp³-hybridized carbons (Fsp3) is 0.250. The van der Waals surface area contributed by atoms with Crippen LogP contribution in [0.4, 0.5) is 11.6 Å². The molecule has 0 unspecified atom stereocenters. The first-order chi connectivity index (χ1) is 13.7. The van der Waals surface area contributed by atoms with Crippen LogP contribution in [0.2, 0.25) is 0 Å². The van der Waals surface area contributed by atoms with E-state index in [-0.39, 0.29) is 5.95 Å². The summed E-state index contributed by atoms with van der Waals surface area (Å²) in [5, 5.41) is 11.1. The third-order valence-corrected chi connectivity index (χ3v) is 5.13. The molecule has 3 N–H and O–H groups in total. The molecule has 4 aromatic rings. The molecule has 7 nitrogen and oxygen atoms in total. The van der Waals surface area contributed by atoms with Crippen LogP contribution in [0.25, 0.3) is 22.3 Å². The van der Waals surface area contributed by atoms with Crippen molar-refractivity contribution >= 4 is 34.0 Å². The van der Waals surface area contributed by atoms with Gasteiger partial charge in [0.2, 0.25) is 5.95 Å². The van der Waals surface area contributed by atoms with E-state index in [0.29, 0.717) is 19.0 Å². The first-order valence-electron chi connectivity index (χ1n) is 9.18. The summed E-state index contributed by atoms with van der Waals surface area (Å²) in [6.45, 7) is 3.86. The third kappa shape index (κ3) is 3.97. The van der Waals surface area contributed by atoms with Crippen LogP contribution < -0.4 is 11.1 Å². The number of hydrogen-bond donors (Lipinski definition) is 2. The van der Waals surface area contributed by atoms with Crippen LogP contribution in [0.15, 0.2) is 48.0 Å². The molecule has 144 valence electrons. The molecule has 8 heteroatoms. The standard InChI is InChI=1S/C20H22N6OS/c1-2-8-27-13-26-19-17(12-23-20(21)24-19)18(25-26)14-5-3-6-15(10-14)22-11-16-7-4-9-28-16/h3-7,9-10,12,22H,2,8,11,13H2,1H3,(H2,21,23,24). The van der Waals surface area contributed by atoms with Gasteiger partial charge in [0.1, 0.15) is 12.4 Å². The zero-order valence-corrected chi connectivity index (χ0v) is 16.4. The Kier molecular flexibility index (Phi) is 5.50. The number of anilines is 2. The van der Waals surface area contributed by atoms with E-state index in [1.165, 1.54) is 4.88 Å². The monoisotopic (exact) mass is 394 g/mol. The maximum Gasteiger partial charge on any atom is 0.222 e. The summed E-state index contributed by atoms with van der Waals surface area (Å²) in [5.41, 5.74) is 9.31. The number of thiophene rings is 1. The number of ether oxygens (including phenoxy) is 1. The van der Waals surface area contributed by atoms with Gasteiger partial charge in [-0.25, -0.2) is 9.67 Å². The molecule has 1 aromatic carbocycles. The number of rotatable bonds is 8. The molecule has 0 atom stereocenters. The highest BCUT2D eigenvalue weighted by molar-refractivity contribution is 7.09. The largest absolute Gasteiger partial charge is 0.380 e. The number of aromatic nitrogens is 4. The molecule has 0 fully saturated rings. The summed E-state index contributed by atoms with van der Waals surface area (Å²) in [5.74, 6) is 0.224. The van der Waals surface area contributed by atoms with Gasteiger partial charge in [0, 0.05) is 35.5 Å². The SMILES string of the molecule is CCCOCn1nc(-c2cccc(NCc3cccs3)c2)c2cnc(N)nc21. The maximum absolute atomic E-state index is 5.79. The normalized spacial score (nSPS) is 11.2. The zero-order chi connectivity index (χ0) is 19.3. The van der Waals surface area contributed by atoms with E-state index in [4.69, 9.17) is 15.6 Å². The summed E-state index contributed by atoms with van der Waals surface area (Å²) in [6.07, 6.45) is 2.67. The minimum Gasteiger partial charge on any atom is -0.380 e. The first kappa shape index (κ1) is 18.4. The van der Waals surface area contributed by atoms with E-state index in [1.807, 2.05) is 12.1 Å². The molecule has 4 rings (SSSR count). The molecule has 0 aliphatic rings. The molecule has 0 radical (unpaired) electrons. The van der Waals surface area contributed by atoms with Gasteiger partial charge >= 0.3 is 0 Å². The van der Waals surface area contributed by atoms with Crippen LogP contribution in [0, 0.1) is 0 Å². The average Bonchev–Trinajstić information content (AvgIpc) is 3.35. The van der Waals surface area contributed by atoms with Crippen molar-refractivity contribution in [1.29, 1.82) is 0 Å². The molecule has 0 bridgehead atoms. The van der Waals surface area contributed by atoms with E-state index >= 15 is 0 Å². The fourth-order valence-corrected chi connectivity index (χ4v) is 3.59. The van der Waals surface area contributed by atoms with E-state index in [9.17, 15) is 0 Å². The highest BCUT2D eigenvalue weighted by atomic mass is 32.1. The Labute approximate surface area is 167 Å². The predicted octanol–water partition coefficient (Wildman–Crippen LogP) is 4.13. The Morgan fingerprint density at radius 2 is 2.18 bits per heavy atom. The summed E-state index contributed by atoms with van der Waals surface area (Å²) in [6, 6.07) is 12.4. The van der Waals surface area contributed by atoms with Crippen molar-refractivity contribution in [3.8, 4) is 11.3 Å². The lowest BCUT2D eigenvalue weighted by atomic mass is 10.1. The van der Waals surface area contributed by atoms with Gasteiger partial charge in [-0.1, -0.05) is 25.1 Å². The number of benzene rings is 1. The van der Waals surface area contributed by atoms with Crippen molar-refractivity contribution < 1.29 is 4.74 Å². The first-order valence-corrected chi connectivity index (χ1v) is 10.1. The molecule has 3 aromatic heterocycles. The highest BCUT2D eigenvalue weighted by Gasteiger charge is 2.15. The van der Waals surface area contributed by atoms with Crippen molar-refractivity contribution in [3.05, 3.63) is 52.9 Å². The molecule has 28 heavy (non-hydrogen) atoms. The van der Waals surface area contributed by atoms with Gasteiger partial charge < -0.3 is 15.8 Å². The molecule has 0 saturated carbocycles. The predicted molar refractivity (Wildman–Crippen MR) is 113 cm³/mol. The lowest BCUT2D eigenvalue weighted by Crippen LogP contribution is -2.06. The van der Waals surface area contributed by atoms with E-state index in [1.54, 1.807) is 22.2 Å². The Morgan fingerprint density at radius 1 is 1.25 bits per heavy atom. The van der Waals surface area contributed by atoms with Gasteiger partial charge in [0.25, 0.3) is 0 Å². The maximum atomic E-state index is 5.79. The minimum absolute atomic E-state index is 0.224. The number of hydrogen-bond acceptors (Lipinski definition) is 7. The van der Waals surface area contributed by atoms with E-state index < -0.39 is 0 Å². The van der Waals surface area contributed by atoms with Crippen molar-refractivity contribution in [2.75, 3.05) is 17.7 Å². The minimum atomic E-state index is 0.224. The lowest BCUT2D eigenvalue weighted by molar-refractivity contribution is 0.0721. The second-order valence-electron chi connectivity index (χ2n) is 6.36. The van der Waals surface area contributed by atoms with Crippen LogP contribution in [0.3, 0.4) is 0 Å².